The molecule has 0 nitrogen and oxygen atoms in total. The van der Waals surface area contributed by atoms with Crippen molar-refractivity contribution >= 4 is 31.4 Å². The van der Waals surface area contributed by atoms with Gasteiger partial charge in [-0.3, -0.25) is 0 Å². The Balaban J connectivity index is 0. The van der Waals surface area contributed by atoms with E-state index >= 15 is 0 Å². The number of hydrogen-bond donors (Lipinski definition) is 0. The van der Waals surface area contributed by atoms with Crippen LogP contribution < -0.4 is 0 Å². The molecule has 0 N–H and O–H groups in total. The Hall–Kier alpha value is 0.829. The molecule has 0 saturated carbocycles. The maximum atomic E-state index is 5.07. The van der Waals surface area contributed by atoms with Crippen molar-refractivity contribution in [3.8, 4) is 0 Å². The van der Waals surface area contributed by atoms with Crippen LogP contribution in [0.5, 0.6) is 0 Å². The summed E-state index contributed by atoms with van der Waals surface area (Å²) in [6, 6.07) is 0. The molecule has 0 aromatic heterocycles. The van der Waals surface area contributed by atoms with E-state index in [9.17, 15) is 0 Å². The quantitative estimate of drug-likeness (QED) is 0.251. The summed E-state index contributed by atoms with van der Waals surface area (Å²) in [6.07, 6.45) is 10.5. The van der Waals surface area contributed by atoms with E-state index in [0.717, 1.165) is 0 Å². The summed E-state index contributed by atoms with van der Waals surface area (Å²) < 4.78 is 5.08. The van der Waals surface area contributed by atoms with E-state index in [1.165, 1.54) is 38.5 Å². The van der Waals surface area contributed by atoms with Gasteiger partial charge in [0.15, 0.2) is 0 Å². The van der Waals surface area contributed by atoms with Gasteiger partial charge in [-0.15, -0.1) is 18.2 Å². The van der Waals surface area contributed by atoms with Gasteiger partial charge in [0.25, 0.3) is 0 Å². The van der Waals surface area contributed by atoms with Crippen LogP contribution in [0.4, 0.5) is 0 Å². The molecule has 2 heteroatoms. The Bertz CT molecular complexity index is 118. The first-order chi connectivity index (χ1) is 8.26. The number of unbranched alkanes of at least 4 members (excludes halogenated alkanes) is 3. The van der Waals surface area contributed by atoms with E-state index in [1.807, 2.05) is 0 Å². The first kappa shape index (κ1) is 20.2. The molecule has 0 aromatic rings. The number of hydrogen-bond acceptors (Lipinski definition) is 0. The fourth-order valence-electron chi connectivity index (χ4n) is 1.91. The summed E-state index contributed by atoms with van der Waals surface area (Å²) in [5.74, 6) is 0.556. The van der Waals surface area contributed by atoms with Gasteiger partial charge in [0.1, 0.15) is 0 Å². The third-order valence-electron chi connectivity index (χ3n) is 3.01. The zero-order valence-electron chi connectivity index (χ0n) is 12.3. The van der Waals surface area contributed by atoms with Crippen LogP contribution >= 0.6 is 11.6 Å². The van der Waals surface area contributed by atoms with E-state index in [-0.39, 0.29) is 0 Å². The van der Waals surface area contributed by atoms with Crippen molar-refractivity contribution in [2.24, 2.45) is 0 Å². The molecule has 17 heavy (non-hydrogen) atoms. The van der Waals surface area contributed by atoms with Crippen molar-refractivity contribution in [2.45, 2.75) is 72.6 Å². The molecule has 104 valence electrons. The van der Waals surface area contributed by atoms with E-state index in [4.69, 9.17) is 11.6 Å². The van der Waals surface area contributed by atoms with Crippen LogP contribution in [0.25, 0.3) is 0 Å². The van der Waals surface area contributed by atoms with Gasteiger partial charge in [-0.05, 0) is 0 Å². The van der Waals surface area contributed by atoms with Gasteiger partial charge in [0.05, 0.1) is 0 Å². The molecule has 0 bridgehead atoms. The minimum absolute atomic E-state index is 0.556. The van der Waals surface area contributed by atoms with Crippen LogP contribution in [-0.2, 0) is 0 Å². The standard InChI is InChI=1S/3C4H9.C3H5Cl.Sn.H/c3*1-3-4-2;1-2-3-4;;/h3*1,3-4H2,2H3;2H,1,3H2;;. The molecule has 0 aliphatic heterocycles. The maximum absolute atomic E-state index is 5.07. The predicted octanol–water partition coefficient (Wildman–Crippen LogP) is 6.03. The number of rotatable bonds is 10. The van der Waals surface area contributed by atoms with Crippen molar-refractivity contribution < 1.29 is 0 Å². The van der Waals surface area contributed by atoms with E-state index in [2.05, 4.69) is 27.4 Å². The molecule has 0 radical (unpaired) electrons. The Kier molecular flexibility index (Phi) is 22.7. The third-order valence-corrected chi connectivity index (χ3v) is 13.7. The fourth-order valence-corrected chi connectivity index (χ4v) is 12.8. The molecule has 0 atom stereocenters. The summed E-state index contributed by atoms with van der Waals surface area (Å²) in [7, 11) is 0. The van der Waals surface area contributed by atoms with Gasteiger partial charge in [-0.1, -0.05) is 6.08 Å². The average Bonchev–Trinajstić information content (AvgIpc) is 2.38. The Morgan fingerprint density at radius 2 is 1.18 bits per heavy atom. The summed E-state index contributed by atoms with van der Waals surface area (Å²) in [5.41, 5.74) is 0. The molecule has 0 rings (SSSR count). The van der Waals surface area contributed by atoms with Crippen molar-refractivity contribution in [1.82, 2.24) is 0 Å². The molecule has 0 spiro atoms. The van der Waals surface area contributed by atoms with Crippen LogP contribution in [0.1, 0.15) is 59.3 Å². The van der Waals surface area contributed by atoms with Crippen LogP contribution in [0.2, 0.25) is 13.3 Å². The van der Waals surface area contributed by atoms with Crippen LogP contribution in [0, 0.1) is 0 Å². The third kappa shape index (κ3) is 19.4. The first-order valence-corrected chi connectivity index (χ1v) is 15.0. The second-order valence-electron chi connectivity index (χ2n) is 4.74. The molecule has 0 amide bonds. The zero-order valence-corrected chi connectivity index (χ0v) is 16.4. The van der Waals surface area contributed by atoms with Crippen molar-refractivity contribution in [1.29, 1.82) is 0 Å². The van der Waals surface area contributed by atoms with E-state index < -0.39 is 19.8 Å². The average molecular weight is 368 g/mol. The van der Waals surface area contributed by atoms with Gasteiger partial charge in [0, 0.05) is 5.88 Å². The topological polar surface area (TPSA) is 0 Å². The Labute approximate surface area is 122 Å². The van der Waals surface area contributed by atoms with Gasteiger partial charge >= 0.3 is 92.4 Å². The van der Waals surface area contributed by atoms with Crippen LogP contribution in [-0.4, -0.2) is 25.6 Å². The molecular weight excluding hydrogens is 334 g/mol. The van der Waals surface area contributed by atoms with Gasteiger partial charge in [-0.25, -0.2) is 0 Å². The zero-order chi connectivity index (χ0) is 13.4. The molecule has 0 unspecified atom stereocenters. The van der Waals surface area contributed by atoms with Gasteiger partial charge < -0.3 is 0 Å². The van der Waals surface area contributed by atoms with Crippen LogP contribution in [0.15, 0.2) is 12.7 Å². The summed E-state index contributed by atoms with van der Waals surface area (Å²) in [5, 5.41) is 0. The second kappa shape index (κ2) is 19.2. The Morgan fingerprint density at radius 1 is 0.882 bits per heavy atom. The van der Waals surface area contributed by atoms with Crippen LogP contribution in [0.3, 0.4) is 0 Å². The number of allylic oxidation sites excluding steroid dienone is 1. The SMILES string of the molecule is C=CCCl.CCC[CH2][SnH]([CH2]CCC)[CH2]CCC. The first-order valence-electron chi connectivity index (χ1n) is 7.43. The number of halogens is 1. The molecule has 0 aliphatic rings. The molecule has 0 aromatic carbocycles. The van der Waals surface area contributed by atoms with Crippen molar-refractivity contribution in [3.63, 3.8) is 0 Å². The second-order valence-corrected chi connectivity index (χ2v) is 14.9. The normalized spacial score (nSPS) is 9.94. The monoisotopic (exact) mass is 368 g/mol. The van der Waals surface area contributed by atoms with Crippen molar-refractivity contribution in [2.75, 3.05) is 5.88 Å². The van der Waals surface area contributed by atoms with E-state index in [0.29, 0.717) is 5.88 Å². The molecule has 0 fully saturated rings. The fraction of sp³-hybridized carbons (Fsp3) is 0.867. The molecule has 0 saturated heterocycles. The number of alkyl halides is 1. The van der Waals surface area contributed by atoms with Crippen molar-refractivity contribution in [3.05, 3.63) is 12.7 Å². The summed E-state index contributed by atoms with van der Waals surface area (Å²) in [4.78, 5) is 0. The predicted molar refractivity (Wildman–Crippen MR) is 87.2 cm³/mol. The molecule has 0 aliphatic carbocycles. The molecule has 0 heterocycles. The van der Waals surface area contributed by atoms with Gasteiger partial charge in [-0.2, -0.15) is 0 Å². The summed E-state index contributed by atoms with van der Waals surface area (Å²) in [6.45, 7) is 10.4. The molecular formula is C15H33ClSn. The summed E-state index contributed by atoms with van der Waals surface area (Å²) >= 11 is 4.10. The van der Waals surface area contributed by atoms with E-state index in [1.54, 1.807) is 19.4 Å². The van der Waals surface area contributed by atoms with Gasteiger partial charge in [0.2, 0.25) is 0 Å². The minimum atomic E-state index is -0.967. The Morgan fingerprint density at radius 3 is 1.35 bits per heavy atom.